The van der Waals surface area contributed by atoms with Crippen LogP contribution in [-0.2, 0) is 14.4 Å². The predicted molar refractivity (Wildman–Crippen MR) is 117 cm³/mol. The SMILES string of the molecule is O=C(NC1CCN(CCOc2ccc(Cl)cc2)CC1)C1=NOC2(CNC2)C1.O=C(O)C(F)(F)F. The Bertz CT molecular complexity index is 885. The van der Waals surface area contributed by atoms with Crippen LogP contribution in [0.15, 0.2) is 29.4 Å². The molecule has 0 unspecified atom stereocenters. The molecule has 0 atom stereocenters. The molecule has 0 saturated carbocycles. The Morgan fingerprint density at radius 2 is 1.88 bits per heavy atom. The molecule has 3 aliphatic heterocycles. The predicted octanol–water partition coefficient (Wildman–Crippen LogP) is 2.05. The van der Waals surface area contributed by atoms with Crippen LogP contribution >= 0.6 is 11.6 Å². The van der Waals surface area contributed by atoms with Gasteiger partial charge in [0.15, 0.2) is 5.60 Å². The smallest absolute Gasteiger partial charge is 0.490 e. The van der Waals surface area contributed by atoms with Gasteiger partial charge in [0.2, 0.25) is 0 Å². The molecule has 2 fully saturated rings. The van der Waals surface area contributed by atoms with Crippen LogP contribution in [0.3, 0.4) is 0 Å². The fourth-order valence-electron chi connectivity index (χ4n) is 3.63. The largest absolute Gasteiger partial charge is 0.492 e. The van der Waals surface area contributed by atoms with Gasteiger partial charge >= 0.3 is 12.1 Å². The van der Waals surface area contributed by atoms with Crippen molar-refractivity contribution in [3.05, 3.63) is 29.3 Å². The molecule has 3 N–H and O–H groups in total. The number of amides is 1. The first-order valence-electron chi connectivity index (χ1n) is 10.7. The minimum absolute atomic E-state index is 0.0803. The van der Waals surface area contributed by atoms with Crippen molar-refractivity contribution >= 4 is 29.2 Å². The molecule has 13 heteroatoms. The molecule has 1 spiro atoms. The van der Waals surface area contributed by atoms with Crippen LogP contribution in [-0.4, -0.2) is 84.7 Å². The van der Waals surface area contributed by atoms with Gasteiger partial charge in [-0.25, -0.2) is 4.79 Å². The number of hydrogen-bond donors (Lipinski definition) is 3. The Hall–Kier alpha value is -2.57. The number of aliphatic carboxylic acids is 1. The van der Waals surface area contributed by atoms with Crippen LogP contribution in [0.1, 0.15) is 19.3 Å². The van der Waals surface area contributed by atoms with E-state index in [0.717, 1.165) is 51.3 Å². The summed E-state index contributed by atoms with van der Waals surface area (Å²) in [7, 11) is 0. The second kappa shape index (κ2) is 11.2. The van der Waals surface area contributed by atoms with Gasteiger partial charge in [-0.05, 0) is 37.1 Å². The van der Waals surface area contributed by atoms with Crippen molar-refractivity contribution in [3.63, 3.8) is 0 Å². The lowest BCUT2D eigenvalue weighted by Crippen LogP contribution is -2.60. The number of hydrogen-bond acceptors (Lipinski definition) is 7. The lowest BCUT2D eigenvalue weighted by atomic mass is 9.91. The summed E-state index contributed by atoms with van der Waals surface area (Å²) in [6.07, 6.45) is -2.60. The van der Waals surface area contributed by atoms with Crippen LogP contribution in [0.25, 0.3) is 0 Å². The standard InChI is InChI=1S/C19H25ClN4O3.C2HF3O2/c20-14-1-3-16(4-2-14)26-10-9-24-7-5-15(6-8-24)22-18(25)17-11-19(27-23-17)12-21-13-19;3-2(4,5)1(6)7/h1-4,15,21H,5-13H2,(H,22,25);(H,6,7). The molecule has 3 heterocycles. The van der Waals surface area contributed by atoms with E-state index in [4.69, 9.17) is 31.1 Å². The summed E-state index contributed by atoms with van der Waals surface area (Å²) >= 11 is 5.87. The summed E-state index contributed by atoms with van der Waals surface area (Å²) < 4.78 is 37.5. The van der Waals surface area contributed by atoms with Gasteiger partial charge in [-0.15, -0.1) is 0 Å². The highest BCUT2D eigenvalue weighted by atomic mass is 35.5. The number of alkyl halides is 3. The average Bonchev–Trinajstić information content (AvgIpc) is 3.23. The normalized spacial score (nSPS) is 19.8. The molecule has 1 amide bonds. The highest BCUT2D eigenvalue weighted by molar-refractivity contribution is 6.39. The molecular formula is C21H26ClF3N4O5. The van der Waals surface area contributed by atoms with Crippen LogP contribution in [0, 0.1) is 0 Å². The van der Waals surface area contributed by atoms with Crippen molar-refractivity contribution in [2.75, 3.05) is 39.3 Å². The van der Waals surface area contributed by atoms with Crippen LogP contribution in [0.4, 0.5) is 13.2 Å². The van der Waals surface area contributed by atoms with Crippen molar-refractivity contribution < 1.29 is 37.4 Å². The number of nitrogens with one attached hydrogen (secondary N) is 2. The van der Waals surface area contributed by atoms with Crippen molar-refractivity contribution in [1.82, 2.24) is 15.5 Å². The second-order valence-corrected chi connectivity index (χ2v) is 8.72. The molecule has 34 heavy (non-hydrogen) atoms. The van der Waals surface area contributed by atoms with Gasteiger partial charge in [-0.1, -0.05) is 16.8 Å². The summed E-state index contributed by atoms with van der Waals surface area (Å²) in [4.78, 5) is 29.1. The maximum Gasteiger partial charge on any atom is 0.490 e. The Kier molecular flexibility index (Phi) is 8.61. The van der Waals surface area contributed by atoms with E-state index in [9.17, 15) is 18.0 Å². The van der Waals surface area contributed by atoms with E-state index in [1.807, 2.05) is 24.3 Å². The highest BCUT2D eigenvalue weighted by Crippen LogP contribution is 2.27. The first-order valence-corrected chi connectivity index (χ1v) is 11.1. The fourth-order valence-corrected chi connectivity index (χ4v) is 3.76. The van der Waals surface area contributed by atoms with Crippen molar-refractivity contribution in [2.45, 2.75) is 37.1 Å². The van der Waals surface area contributed by atoms with Crippen molar-refractivity contribution in [2.24, 2.45) is 5.16 Å². The molecular weight excluding hydrogens is 481 g/mol. The summed E-state index contributed by atoms with van der Waals surface area (Å²) in [5.74, 6) is -2.00. The number of nitrogens with zero attached hydrogens (tertiary/aromatic N) is 2. The number of benzene rings is 1. The molecule has 1 aromatic rings. The zero-order chi connectivity index (χ0) is 24.8. The highest BCUT2D eigenvalue weighted by Gasteiger charge is 2.46. The van der Waals surface area contributed by atoms with Crippen LogP contribution < -0.4 is 15.4 Å². The van der Waals surface area contributed by atoms with Gasteiger partial charge in [-0.2, -0.15) is 13.2 Å². The second-order valence-electron chi connectivity index (χ2n) is 8.29. The molecule has 188 valence electrons. The van der Waals surface area contributed by atoms with Gasteiger partial charge in [0.25, 0.3) is 5.91 Å². The number of carbonyl (C=O) groups excluding carboxylic acids is 1. The zero-order valence-electron chi connectivity index (χ0n) is 18.2. The van der Waals surface area contributed by atoms with E-state index in [1.54, 1.807) is 0 Å². The van der Waals surface area contributed by atoms with Gasteiger partial charge in [0, 0.05) is 50.2 Å². The molecule has 2 saturated heterocycles. The average molecular weight is 507 g/mol. The molecule has 0 aromatic heterocycles. The minimum atomic E-state index is -5.08. The number of likely N-dealkylation sites (tertiary alicyclic amines) is 1. The van der Waals surface area contributed by atoms with E-state index in [2.05, 4.69) is 20.7 Å². The van der Waals surface area contributed by atoms with Gasteiger partial charge < -0.3 is 25.3 Å². The molecule has 0 aliphatic carbocycles. The number of carboxylic acids is 1. The summed E-state index contributed by atoms with van der Waals surface area (Å²) in [6, 6.07) is 7.61. The zero-order valence-corrected chi connectivity index (χ0v) is 19.0. The fraction of sp³-hybridized carbons (Fsp3) is 0.571. The molecule has 9 nitrogen and oxygen atoms in total. The van der Waals surface area contributed by atoms with E-state index < -0.39 is 12.1 Å². The third-order valence-corrected chi connectivity index (χ3v) is 5.90. The first kappa shape index (κ1) is 26.0. The number of rotatable bonds is 6. The number of halogens is 4. The van der Waals surface area contributed by atoms with Crippen molar-refractivity contribution in [3.8, 4) is 5.75 Å². The number of carboxylic acid groups (broad SMARTS) is 1. The van der Waals surface area contributed by atoms with Crippen LogP contribution in [0.5, 0.6) is 5.75 Å². The molecule has 1 aromatic carbocycles. The molecule has 0 radical (unpaired) electrons. The summed E-state index contributed by atoms with van der Waals surface area (Å²) in [6.45, 7) is 4.95. The Labute approximate surface area is 199 Å². The third-order valence-electron chi connectivity index (χ3n) is 5.65. The Morgan fingerprint density at radius 3 is 2.38 bits per heavy atom. The van der Waals surface area contributed by atoms with Gasteiger partial charge in [-0.3, -0.25) is 9.69 Å². The third kappa shape index (κ3) is 7.47. The summed E-state index contributed by atoms with van der Waals surface area (Å²) in [5, 5.41) is 18.1. The Balaban J connectivity index is 0.000000406. The lowest BCUT2D eigenvalue weighted by Gasteiger charge is -2.35. The van der Waals surface area contributed by atoms with Crippen molar-refractivity contribution in [1.29, 1.82) is 0 Å². The van der Waals surface area contributed by atoms with E-state index in [0.29, 0.717) is 23.8 Å². The van der Waals surface area contributed by atoms with Gasteiger partial charge in [0.05, 0.1) is 0 Å². The number of piperidine rings is 1. The molecule has 4 rings (SSSR count). The first-order chi connectivity index (χ1) is 16.1. The Morgan fingerprint density at radius 1 is 1.26 bits per heavy atom. The number of ether oxygens (including phenoxy) is 1. The lowest BCUT2D eigenvalue weighted by molar-refractivity contribution is -0.192. The monoisotopic (exact) mass is 506 g/mol. The maximum atomic E-state index is 12.4. The van der Waals surface area contributed by atoms with E-state index >= 15 is 0 Å². The van der Waals surface area contributed by atoms with Gasteiger partial charge in [0.1, 0.15) is 18.1 Å². The number of oxime groups is 1. The minimum Gasteiger partial charge on any atom is -0.492 e. The molecule has 0 bridgehead atoms. The van der Waals surface area contributed by atoms with E-state index in [-0.39, 0.29) is 17.6 Å². The summed E-state index contributed by atoms with van der Waals surface area (Å²) in [5.41, 5.74) is 0.260. The molecule has 3 aliphatic rings. The van der Waals surface area contributed by atoms with E-state index in [1.165, 1.54) is 0 Å². The quantitative estimate of drug-likeness (QED) is 0.541. The maximum absolute atomic E-state index is 12.4. The van der Waals surface area contributed by atoms with Crippen LogP contribution in [0.2, 0.25) is 5.02 Å². The number of carbonyl (C=O) groups is 2. The topological polar surface area (TPSA) is 112 Å².